The third-order valence-electron chi connectivity index (χ3n) is 4.63. The SMILES string of the molecule is O=C(CC(=Nc1ccccc1)c1ccccc1S)Nc1cccc(-n2c(=S)[nH][nH]c2=S)c1. The Morgan fingerprint density at radius 1 is 0.938 bits per heavy atom. The fourth-order valence-electron chi connectivity index (χ4n) is 3.20. The molecule has 0 saturated heterocycles. The molecule has 0 atom stereocenters. The van der Waals surface area contributed by atoms with Crippen LogP contribution in [0.2, 0.25) is 0 Å². The zero-order valence-corrected chi connectivity index (χ0v) is 19.3. The Hall–Kier alpha value is -3.27. The highest BCUT2D eigenvalue weighted by Crippen LogP contribution is 2.21. The summed E-state index contributed by atoms with van der Waals surface area (Å²) in [6.45, 7) is 0. The molecule has 0 bridgehead atoms. The molecule has 3 N–H and O–H groups in total. The fourth-order valence-corrected chi connectivity index (χ4v) is 4.04. The Kier molecular flexibility index (Phi) is 6.79. The number of aromatic nitrogens is 3. The van der Waals surface area contributed by atoms with Gasteiger partial charge >= 0.3 is 0 Å². The van der Waals surface area contributed by atoms with Crippen LogP contribution in [0, 0.1) is 9.54 Å². The zero-order valence-electron chi connectivity index (χ0n) is 16.8. The fraction of sp³-hybridized carbons (Fsp3) is 0.0435. The summed E-state index contributed by atoms with van der Waals surface area (Å²) in [6, 6.07) is 24.4. The number of aromatic amines is 2. The Balaban J connectivity index is 1.61. The highest BCUT2D eigenvalue weighted by atomic mass is 32.1. The highest BCUT2D eigenvalue weighted by molar-refractivity contribution is 7.80. The Morgan fingerprint density at radius 2 is 1.62 bits per heavy atom. The number of anilines is 1. The summed E-state index contributed by atoms with van der Waals surface area (Å²) in [4.78, 5) is 18.4. The molecular formula is C23H19N5OS3. The van der Waals surface area contributed by atoms with E-state index in [2.05, 4.69) is 28.1 Å². The van der Waals surface area contributed by atoms with E-state index < -0.39 is 0 Å². The summed E-state index contributed by atoms with van der Waals surface area (Å²) in [7, 11) is 0. The second kappa shape index (κ2) is 9.90. The molecule has 0 aliphatic carbocycles. The van der Waals surface area contributed by atoms with Crippen LogP contribution in [0.1, 0.15) is 12.0 Å². The summed E-state index contributed by atoms with van der Waals surface area (Å²) in [5.74, 6) is -0.198. The van der Waals surface area contributed by atoms with Gasteiger partial charge in [-0.1, -0.05) is 42.5 Å². The number of thiol groups is 1. The van der Waals surface area contributed by atoms with Gasteiger partial charge in [-0.15, -0.1) is 12.6 Å². The van der Waals surface area contributed by atoms with Crippen LogP contribution in [0.25, 0.3) is 5.69 Å². The van der Waals surface area contributed by atoms with Crippen molar-refractivity contribution in [1.82, 2.24) is 14.8 Å². The van der Waals surface area contributed by atoms with Crippen LogP contribution >= 0.6 is 37.1 Å². The van der Waals surface area contributed by atoms with Crippen LogP contribution < -0.4 is 5.32 Å². The van der Waals surface area contributed by atoms with Gasteiger partial charge in [-0.25, -0.2) is 0 Å². The number of H-pyrrole nitrogens is 2. The summed E-state index contributed by atoms with van der Waals surface area (Å²) < 4.78 is 2.57. The van der Waals surface area contributed by atoms with Crippen molar-refractivity contribution in [2.75, 3.05) is 5.32 Å². The van der Waals surface area contributed by atoms with Crippen LogP contribution in [0.3, 0.4) is 0 Å². The van der Waals surface area contributed by atoms with Gasteiger partial charge in [-0.3, -0.25) is 24.6 Å². The number of nitrogens with zero attached hydrogens (tertiary/aromatic N) is 2. The van der Waals surface area contributed by atoms with Crippen molar-refractivity contribution in [2.45, 2.75) is 11.3 Å². The lowest BCUT2D eigenvalue weighted by molar-refractivity contribution is -0.115. The van der Waals surface area contributed by atoms with Gasteiger partial charge in [0.1, 0.15) is 0 Å². The van der Waals surface area contributed by atoms with Gasteiger partial charge in [0.25, 0.3) is 0 Å². The molecule has 1 amide bonds. The van der Waals surface area contributed by atoms with Crippen LogP contribution in [-0.4, -0.2) is 26.4 Å². The van der Waals surface area contributed by atoms with Crippen molar-refractivity contribution in [2.24, 2.45) is 4.99 Å². The minimum absolute atomic E-state index is 0.0837. The van der Waals surface area contributed by atoms with Gasteiger partial charge in [0.05, 0.1) is 23.5 Å². The highest BCUT2D eigenvalue weighted by Gasteiger charge is 2.14. The number of hydrogen-bond donors (Lipinski definition) is 4. The quantitative estimate of drug-likeness (QED) is 0.156. The smallest absolute Gasteiger partial charge is 0.230 e. The van der Waals surface area contributed by atoms with E-state index in [4.69, 9.17) is 29.4 Å². The maximum absolute atomic E-state index is 13.0. The molecule has 0 fully saturated rings. The summed E-state index contributed by atoms with van der Waals surface area (Å²) in [5.41, 5.74) is 3.58. The molecule has 0 aliphatic heterocycles. The number of para-hydroxylation sites is 1. The summed E-state index contributed by atoms with van der Waals surface area (Å²) in [6.07, 6.45) is 0.0837. The van der Waals surface area contributed by atoms with Crippen LogP contribution in [0.5, 0.6) is 0 Å². The molecule has 1 heterocycles. The summed E-state index contributed by atoms with van der Waals surface area (Å²) in [5, 5.41) is 8.56. The molecule has 160 valence electrons. The normalized spacial score (nSPS) is 11.3. The number of nitrogens with one attached hydrogen (secondary N) is 3. The van der Waals surface area contributed by atoms with Gasteiger partial charge in [0.15, 0.2) is 9.54 Å². The van der Waals surface area contributed by atoms with E-state index in [0.29, 0.717) is 20.9 Å². The molecule has 9 heteroatoms. The average Bonchev–Trinajstić information content (AvgIpc) is 3.12. The minimum atomic E-state index is -0.198. The van der Waals surface area contributed by atoms with Gasteiger partial charge in [-0.2, -0.15) is 0 Å². The number of rotatable bonds is 6. The first-order valence-corrected chi connectivity index (χ1v) is 11.0. The number of benzene rings is 3. The topological polar surface area (TPSA) is 78.0 Å². The third-order valence-corrected chi connectivity index (χ3v) is 5.59. The number of aliphatic imine (C=N–C) groups is 1. The number of hydrogen-bond acceptors (Lipinski definition) is 5. The molecule has 0 saturated carbocycles. The van der Waals surface area contributed by atoms with Crippen molar-refractivity contribution in [1.29, 1.82) is 0 Å². The zero-order chi connectivity index (χ0) is 22.5. The van der Waals surface area contributed by atoms with Gasteiger partial charge in [0.2, 0.25) is 5.91 Å². The molecule has 0 radical (unpaired) electrons. The number of carbonyl (C=O) groups is 1. The lowest BCUT2D eigenvalue weighted by Crippen LogP contribution is -2.17. The molecular weight excluding hydrogens is 458 g/mol. The van der Waals surface area contributed by atoms with E-state index in [0.717, 1.165) is 21.8 Å². The van der Waals surface area contributed by atoms with Crippen LogP contribution in [0.4, 0.5) is 11.4 Å². The van der Waals surface area contributed by atoms with Crippen LogP contribution in [0.15, 0.2) is 88.8 Å². The van der Waals surface area contributed by atoms with Crippen LogP contribution in [-0.2, 0) is 4.79 Å². The lowest BCUT2D eigenvalue weighted by Gasteiger charge is -2.11. The predicted molar refractivity (Wildman–Crippen MR) is 136 cm³/mol. The predicted octanol–water partition coefficient (Wildman–Crippen LogP) is 6.03. The van der Waals surface area contributed by atoms with E-state index >= 15 is 0 Å². The molecule has 4 aromatic rings. The molecule has 0 spiro atoms. The molecule has 6 nitrogen and oxygen atoms in total. The van der Waals surface area contributed by atoms with Crippen molar-refractivity contribution in [3.8, 4) is 5.69 Å². The molecule has 1 aromatic heterocycles. The second-order valence-corrected chi connectivity index (χ2v) is 8.14. The lowest BCUT2D eigenvalue weighted by atomic mass is 10.1. The van der Waals surface area contributed by atoms with Crippen molar-refractivity contribution < 1.29 is 4.79 Å². The van der Waals surface area contributed by atoms with E-state index in [1.165, 1.54) is 0 Å². The van der Waals surface area contributed by atoms with Crippen molar-refractivity contribution >= 4 is 60.1 Å². The molecule has 3 aromatic carbocycles. The van der Waals surface area contributed by atoms with E-state index in [9.17, 15) is 4.79 Å². The van der Waals surface area contributed by atoms with E-state index in [-0.39, 0.29) is 12.3 Å². The Bertz CT molecular complexity index is 1380. The molecule has 32 heavy (non-hydrogen) atoms. The minimum Gasteiger partial charge on any atom is -0.326 e. The van der Waals surface area contributed by atoms with Gasteiger partial charge in [0, 0.05) is 16.1 Å². The van der Waals surface area contributed by atoms with Crippen molar-refractivity contribution in [3.63, 3.8) is 0 Å². The van der Waals surface area contributed by atoms with Gasteiger partial charge < -0.3 is 5.32 Å². The Morgan fingerprint density at radius 3 is 2.34 bits per heavy atom. The maximum atomic E-state index is 13.0. The second-order valence-electron chi connectivity index (χ2n) is 6.88. The van der Waals surface area contributed by atoms with Crippen molar-refractivity contribution in [3.05, 3.63) is 94.0 Å². The number of carbonyl (C=O) groups excluding carboxylic acids is 1. The summed E-state index contributed by atoms with van der Waals surface area (Å²) >= 11 is 15.1. The third kappa shape index (κ3) is 5.13. The molecule has 0 aliphatic rings. The standard InChI is InChI=1S/C23H19N5OS3/c29-21(25-16-9-6-10-17(13-16)28-22(31)26-27-23(28)32)14-19(18-11-4-5-12-20(18)30)24-15-7-2-1-3-8-15/h1-13,30H,14H2,(H,25,29)(H,26,31)(H,27,32). The number of amides is 1. The first-order chi connectivity index (χ1) is 15.5. The monoisotopic (exact) mass is 477 g/mol. The maximum Gasteiger partial charge on any atom is 0.230 e. The Labute approximate surface area is 200 Å². The first-order valence-electron chi connectivity index (χ1n) is 9.72. The average molecular weight is 478 g/mol. The van der Waals surface area contributed by atoms with Gasteiger partial charge in [-0.05, 0) is 60.8 Å². The first kappa shape index (κ1) is 21.9. The van der Waals surface area contributed by atoms with E-state index in [1.54, 1.807) is 4.57 Å². The van der Waals surface area contributed by atoms with E-state index in [1.807, 2.05) is 78.9 Å². The molecule has 4 rings (SSSR count). The largest absolute Gasteiger partial charge is 0.326 e. The molecule has 0 unspecified atom stereocenters.